The fourth-order valence-corrected chi connectivity index (χ4v) is 2.34. The molecule has 1 aromatic heterocycles. The molecule has 0 amide bonds. The second kappa shape index (κ2) is 6.11. The first kappa shape index (κ1) is 14.6. The monoisotopic (exact) mass is 291 g/mol. The van der Waals surface area contributed by atoms with E-state index in [1.54, 1.807) is 18.3 Å². The Morgan fingerprint density at radius 1 is 1.30 bits per heavy atom. The second-order valence-electron chi connectivity index (χ2n) is 4.92. The molecule has 1 heterocycles. The Kier molecular flexibility index (Phi) is 4.47. The lowest BCUT2D eigenvalue weighted by Crippen LogP contribution is -2.08. The number of hydrogen-bond acceptors (Lipinski definition) is 4. The van der Waals surface area contributed by atoms with Crippen molar-refractivity contribution in [3.05, 3.63) is 46.6 Å². The molecule has 2 aromatic rings. The zero-order valence-corrected chi connectivity index (χ0v) is 12.5. The van der Waals surface area contributed by atoms with Crippen molar-refractivity contribution in [1.82, 2.24) is 4.98 Å². The number of ether oxygens (including phenoxy) is 1. The molecule has 4 nitrogen and oxygen atoms in total. The van der Waals surface area contributed by atoms with E-state index in [0.29, 0.717) is 17.5 Å². The van der Waals surface area contributed by atoms with Crippen molar-refractivity contribution >= 4 is 17.4 Å². The highest BCUT2D eigenvalue weighted by Gasteiger charge is 2.11. The molecule has 0 atom stereocenters. The molecule has 0 fully saturated rings. The molecule has 3 N–H and O–H groups in total. The van der Waals surface area contributed by atoms with Crippen LogP contribution in [0.4, 0.5) is 5.82 Å². The average Bonchev–Trinajstić information content (AvgIpc) is 2.41. The number of nitrogens with two attached hydrogens (primary N) is 1. The van der Waals surface area contributed by atoms with Crippen LogP contribution in [-0.2, 0) is 0 Å². The lowest BCUT2D eigenvalue weighted by Gasteiger charge is -2.14. The van der Waals surface area contributed by atoms with Crippen molar-refractivity contribution in [1.29, 1.82) is 0 Å². The molecule has 0 spiro atoms. The standard InChI is InChI=1S/C15H18ClN3O/c1-9(2)12-8-14(10(3)6-13(12)16)20-11-4-5-18-15(7-11)19-17/h4-9H,17H2,1-3H3,(H,18,19). The number of halogens is 1. The Bertz CT molecular complexity index is 614. The number of nitrogens with one attached hydrogen (secondary N) is 1. The van der Waals surface area contributed by atoms with Crippen molar-refractivity contribution in [2.24, 2.45) is 5.84 Å². The number of hydrazine groups is 1. The maximum absolute atomic E-state index is 6.26. The van der Waals surface area contributed by atoms with Crippen LogP contribution >= 0.6 is 11.6 Å². The summed E-state index contributed by atoms with van der Waals surface area (Å²) in [6.45, 7) is 6.17. The summed E-state index contributed by atoms with van der Waals surface area (Å²) >= 11 is 6.26. The van der Waals surface area contributed by atoms with Gasteiger partial charge in [-0.15, -0.1) is 0 Å². The number of nitrogen functional groups attached to an aromatic ring is 1. The number of anilines is 1. The van der Waals surface area contributed by atoms with Crippen LogP contribution in [0.5, 0.6) is 11.5 Å². The van der Waals surface area contributed by atoms with E-state index in [4.69, 9.17) is 22.2 Å². The van der Waals surface area contributed by atoms with E-state index in [-0.39, 0.29) is 0 Å². The van der Waals surface area contributed by atoms with E-state index >= 15 is 0 Å². The normalized spacial score (nSPS) is 10.7. The van der Waals surface area contributed by atoms with Gasteiger partial charge in [-0.25, -0.2) is 10.8 Å². The van der Waals surface area contributed by atoms with E-state index in [2.05, 4.69) is 24.3 Å². The summed E-state index contributed by atoms with van der Waals surface area (Å²) in [6.07, 6.45) is 1.64. The van der Waals surface area contributed by atoms with E-state index in [1.807, 2.05) is 19.1 Å². The van der Waals surface area contributed by atoms with Crippen LogP contribution in [-0.4, -0.2) is 4.98 Å². The third-order valence-electron chi connectivity index (χ3n) is 3.02. The Balaban J connectivity index is 2.35. The minimum absolute atomic E-state index is 0.337. The van der Waals surface area contributed by atoms with Crippen LogP contribution in [0.3, 0.4) is 0 Å². The van der Waals surface area contributed by atoms with Gasteiger partial charge in [-0.1, -0.05) is 25.4 Å². The summed E-state index contributed by atoms with van der Waals surface area (Å²) in [6, 6.07) is 7.43. The predicted molar refractivity (Wildman–Crippen MR) is 82.4 cm³/mol. The van der Waals surface area contributed by atoms with Gasteiger partial charge in [0.15, 0.2) is 0 Å². The van der Waals surface area contributed by atoms with Gasteiger partial charge in [-0.2, -0.15) is 0 Å². The molecule has 1 aromatic carbocycles. The molecule has 0 bridgehead atoms. The maximum atomic E-state index is 6.26. The SMILES string of the molecule is Cc1cc(Cl)c(C(C)C)cc1Oc1ccnc(NN)c1. The van der Waals surface area contributed by atoms with Crippen molar-refractivity contribution in [3.8, 4) is 11.5 Å². The highest BCUT2D eigenvalue weighted by atomic mass is 35.5. The van der Waals surface area contributed by atoms with Crippen LogP contribution in [0.15, 0.2) is 30.5 Å². The van der Waals surface area contributed by atoms with Gasteiger partial charge in [-0.3, -0.25) is 0 Å². The molecular formula is C15H18ClN3O. The summed E-state index contributed by atoms with van der Waals surface area (Å²) < 4.78 is 5.90. The highest BCUT2D eigenvalue weighted by molar-refractivity contribution is 6.31. The summed E-state index contributed by atoms with van der Waals surface area (Å²) in [5, 5.41) is 0.767. The Morgan fingerprint density at radius 3 is 2.70 bits per heavy atom. The van der Waals surface area contributed by atoms with Gasteiger partial charge in [0.1, 0.15) is 17.3 Å². The van der Waals surface area contributed by atoms with Crippen molar-refractivity contribution in [3.63, 3.8) is 0 Å². The maximum Gasteiger partial charge on any atom is 0.143 e. The highest BCUT2D eigenvalue weighted by Crippen LogP contribution is 2.34. The summed E-state index contributed by atoms with van der Waals surface area (Å²) in [5.41, 5.74) is 4.55. The lowest BCUT2D eigenvalue weighted by molar-refractivity contribution is 0.477. The van der Waals surface area contributed by atoms with Gasteiger partial charge in [0.05, 0.1) is 0 Å². The summed E-state index contributed by atoms with van der Waals surface area (Å²) in [7, 11) is 0. The van der Waals surface area contributed by atoms with Gasteiger partial charge in [0.2, 0.25) is 0 Å². The Morgan fingerprint density at radius 2 is 2.05 bits per heavy atom. The van der Waals surface area contributed by atoms with E-state index in [9.17, 15) is 0 Å². The van der Waals surface area contributed by atoms with E-state index in [0.717, 1.165) is 21.9 Å². The van der Waals surface area contributed by atoms with Gasteiger partial charge in [0.25, 0.3) is 0 Å². The van der Waals surface area contributed by atoms with Gasteiger partial charge in [-0.05, 0) is 42.2 Å². The third kappa shape index (κ3) is 3.21. The molecule has 0 radical (unpaired) electrons. The van der Waals surface area contributed by atoms with Crippen molar-refractivity contribution in [2.75, 3.05) is 5.43 Å². The second-order valence-corrected chi connectivity index (χ2v) is 5.32. The van der Waals surface area contributed by atoms with E-state index < -0.39 is 0 Å². The molecule has 20 heavy (non-hydrogen) atoms. The minimum Gasteiger partial charge on any atom is -0.457 e. The van der Waals surface area contributed by atoms with Crippen molar-refractivity contribution < 1.29 is 4.74 Å². The molecule has 0 unspecified atom stereocenters. The van der Waals surface area contributed by atoms with Gasteiger partial charge < -0.3 is 10.2 Å². The fraction of sp³-hybridized carbons (Fsp3) is 0.267. The Labute approximate surface area is 123 Å². The fourth-order valence-electron chi connectivity index (χ4n) is 1.90. The largest absolute Gasteiger partial charge is 0.457 e. The molecule has 2 rings (SSSR count). The van der Waals surface area contributed by atoms with Crippen molar-refractivity contribution in [2.45, 2.75) is 26.7 Å². The lowest BCUT2D eigenvalue weighted by atomic mass is 10.0. The van der Waals surface area contributed by atoms with Gasteiger partial charge in [0, 0.05) is 17.3 Å². The topological polar surface area (TPSA) is 60.2 Å². The minimum atomic E-state index is 0.337. The molecule has 0 saturated heterocycles. The predicted octanol–water partition coefficient (Wildman–Crippen LogP) is 4.24. The number of aromatic nitrogens is 1. The number of benzene rings is 1. The summed E-state index contributed by atoms with van der Waals surface area (Å²) in [5.74, 6) is 7.69. The number of hydrogen-bond donors (Lipinski definition) is 2. The smallest absolute Gasteiger partial charge is 0.143 e. The number of nitrogens with zero attached hydrogens (tertiary/aromatic N) is 1. The number of aryl methyl sites for hydroxylation is 1. The molecular weight excluding hydrogens is 274 g/mol. The van der Waals surface area contributed by atoms with Crippen LogP contribution < -0.4 is 16.0 Å². The van der Waals surface area contributed by atoms with E-state index in [1.165, 1.54) is 0 Å². The summed E-state index contributed by atoms with van der Waals surface area (Å²) in [4.78, 5) is 4.04. The van der Waals surface area contributed by atoms with Gasteiger partial charge >= 0.3 is 0 Å². The molecule has 106 valence electrons. The van der Waals surface area contributed by atoms with Crippen LogP contribution in [0.1, 0.15) is 30.9 Å². The molecule has 0 aliphatic heterocycles. The first-order chi connectivity index (χ1) is 9.51. The van der Waals surface area contributed by atoms with Crippen LogP contribution in [0.25, 0.3) is 0 Å². The zero-order valence-electron chi connectivity index (χ0n) is 11.8. The molecule has 0 saturated carbocycles. The zero-order chi connectivity index (χ0) is 14.7. The number of rotatable bonds is 4. The molecule has 0 aliphatic rings. The first-order valence-electron chi connectivity index (χ1n) is 6.42. The van der Waals surface area contributed by atoms with Crippen LogP contribution in [0, 0.1) is 6.92 Å². The van der Waals surface area contributed by atoms with Crippen LogP contribution in [0.2, 0.25) is 5.02 Å². The number of pyridine rings is 1. The third-order valence-corrected chi connectivity index (χ3v) is 3.35. The Hall–Kier alpha value is -1.78. The molecule has 5 heteroatoms. The average molecular weight is 292 g/mol. The quantitative estimate of drug-likeness (QED) is 0.653. The first-order valence-corrected chi connectivity index (χ1v) is 6.79. The molecule has 0 aliphatic carbocycles.